The molecule has 0 saturated heterocycles. The predicted octanol–water partition coefficient (Wildman–Crippen LogP) is 1.29. The maximum atomic E-state index is 11.9. The Morgan fingerprint density at radius 1 is 1.46 bits per heavy atom. The van der Waals surface area contributed by atoms with Crippen LogP contribution in [0, 0.1) is 0 Å². The Hall–Kier alpha value is -0.760. The molecule has 13 heavy (non-hydrogen) atoms. The summed E-state index contributed by atoms with van der Waals surface area (Å²) in [5.74, 6) is 0. The van der Waals surface area contributed by atoms with Crippen molar-refractivity contribution >= 4 is 19.7 Å². The molecule has 74 valence electrons. The van der Waals surface area contributed by atoms with Crippen molar-refractivity contribution in [1.29, 1.82) is 0 Å². The highest BCUT2D eigenvalue weighted by Gasteiger charge is 2.32. The van der Waals surface area contributed by atoms with E-state index in [1.54, 1.807) is 0 Å². The van der Waals surface area contributed by atoms with Crippen molar-refractivity contribution in [3.8, 4) is 0 Å². The lowest BCUT2D eigenvalue weighted by molar-refractivity contribution is -0.212. The summed E-state index contributed by atoms with van der Waals surface area (Å²) in [5, 5.41) is 1.90. The molecule has 4 nitrogen and oxygen atoms in total. The van der Waals surface area contributed by atoms with E-state index in [0.29, 0.717) is 12.3 Å². The van der Waals surface area contributed by atoms with Gasteiger partial charge in [-0.1, -0.05) is 0 Å². The zero-order valence-electron chi connectivity index (χ0n) is 5.79. The molecule has 0 amide bonds. The van der Waals surface area contributed by atoms with Gasteiger partial charge in [0.25, 0.3) is 9.05 Å². The zero-order valence-corrected chi connectivity index (χ0v) is 7.36. The van der Waals surface area contributed by atoms with Gasteiger partial charge in [-0.2, -0.15) is 9.78 Å². The van der Waals surface area contributed by atoms with E-state index in [9.17, 15) is 21.6 Å². The molecule has 0 spiro atoms. The molecule has 1 rings (SSSR count). The van der Waals surface area contributed by atoms with Crippen LogP contribution in [-0.4, -0.2) is 18.2 Å². The minimum absolute atomic E-state index is 0.442. The fraction of sp³-hybridized carbons (Fsp3) is 0.250. The normalized spacial score (nSPS) is 13.2. The summed E-state index contributed by atoms with van der Waals surface area (Å²) in [6.07, 6.45) is -4.27. The van der Waals surface area contributed by atoms with Crippen LogP contribution < -0.4 is 0 Å². The fourth-order valence-electron chi connectivity index (χ4n) is 0.578. The van der Waals surface area contributed by atoms with E-state index in [1.807, 2.05) is 0 Å². The lowest BCUT2D eigenvalue weighted by Gasteiger charge is -2.03. The molecule has 1 aromatic heterocycles. The summed E-state index contributed by atoms with van der Waals surface area (Å²) < 4.78 is 56.1. The summed E-state index contributed by atoms with van der Waals surface area (Å²) in [7, 11) is 0.549. The van der Waals surface area contributed by atoms with E-state index in [4.69, 9.17) is 10.7 Å². The molecule has 0 radical (unpaired) electrons. The first-order valence-electron chi connectivity index (χ1n) is 2.79. The van der Waals surface area contributed by atoms with Gasteiger partial charge >= 0.3 is 6.30 Å². The minimum Gasteiger partial charge on any atom is -0.205 e. The van der Waals surface area contributed by atoms with Crippen molar-refractivity contribution in [2.24, 2.45) is 0 Å². The van der Waals surface area contributed by atoms with E-state index >= 15 is 0 Å². The number of rotatable bonds is 1. The molecule has 0 N–H and O–H groups in total. The molecule has 0 aliphatic rings. The van der Waals surface area contributed by atoms with E-state index < -0.39 is 25.1 Å². The molecule has 0 unspecified atom stereocenters. The largest absolute Gasteiger partial charge is 0.504 e. The van der Waals surface area contributed by atoms with Crippen LogP contribution in [0.15, 0.2) is 17.3 Å². The maximum Gasteiger partial charge on any atom is 0.504 e. The number of aromatic nitrogens is 2. The summed E-state index contributed by atoms with van der Waals surface area (Å²) in [6.45, 7) is 0. The van der Waals surface area contributed by atoms with Crippen LogP contribution in [0.3, 0.4) is 0 Å². The zero-order chi connectivity index (χ0) is 10.3. The van der Waals surface area contributed by atoms with E-state index in [1.165, 1.54) is 0 Å². The highest BCUT2D eigenvalue weighted by atomic mass is 35.7. The van der Waals surface area contributed by atoms with Gasteiger partial charge in [-0.15, -0.1) is 13.2 Å². The lowest BCUT2D eigenvalue weighted by Crippen LogP contribution is -2.17. The molecular formula is C4H2ClF3N2O2S. The Kier molecular flexibility index (Phi) is 2.28. The van der Waals surface area contributed by atoms with Crippen LogP contribution in [0.4, 0.5) is 13.2 Å². The highest BCUT2D eigenvalue weighted by Crippen LogP contribution is 2.22. The first-order chi connectivity index (χ1) is 5.71. The second kappa shape index (κ2) is 2.88. The van der Waals surface area contributed by atoms with Crippen LogP contribution in [0.2, 0.25) is 0 Å². The standard InChI is InChI=1S/C4H2ClF3N2O2S/c5-13(11,12)3-1-2-10(9-3)4(6,7)8/h1-2H. The highest BCUT2D eigenvalue weighted by molar-refractivity contribution is 8.13. The van der Waals surface area contributed by atoms with E-state index in [-0.39, 0.29) is 0 Å². The van der Waals surface area contributed by atoms with Gasteiger partial charge in [-0.3, -0.25) is 0 Å². The third-order valence-corrected chi connectivity index (χ3v) is 2.27. The van der Waals surface area contributed by atoms with Crippen molar-refractivity contribution in [3.05, 3.63) is 12.3 Å². The minimum atomic E-state index is -4.74. The summed E-state index contributed by atoms with van der Waals surface area (Å²) in [5.41, 5.74) is 0. The van der Waals surface area contributed by atoms with Gasteiger partial charge in [0.15, 0.2) is 5.03 Å². The Bertz CT molecular complexity index is 409. The molecular weight excluding hydrogens is 233 g/mol. The van der Waals surface area contributed by atoms with Crippen LogP contribution in [0.5, 0.6) is 0 Å². The Labute approximate surface area is 75.3 Å². The maximum absolute atomic E-state index is 11.9. The first kappa shape index (κ1) is 10.3. The summed E-state index contributed by atoms with van der Waals surface area (Å²) in [4.78, 5) is 0. The third-order valence-electron chi connectivity index (χ3n) is 1.07. The summed E-state index contributed by atoms with van der Waals surface area (Å²) >= 11 is 0. The van der Waals surface area contributed by atoms with Crippen LogP contribution in [0.25, 0.3) is 0 Å². The molecule has 0 bridgehead atoms. The van der Waals surface area contributed by atoms with Gasteiger partial charge in [-0.05, 0) is 6.07 Å². The molecule has 0 aromatic carbocycles. The third kappa shape index (κ3) is 2.34. The SMILES string of the molecule is O=S(=O)(Cl)c1ccn(C(F)(F)F)n1. The first-order valence-corrected chi connectivity index (χ1v) is 5.10. The molecule has 9 heteroatoms. The molecule has 0 aliphatic heterocycles. The average Bonchev–Trinajstić information content (AvgIpc) is 2.28. The monoisotopic (exact) mass is 234 g/mol. The number of alkyl halides is 3. The molecule has 0 saturated carbocycles. The number of hydrogen-bond donors (Lipinski definition) is 0. The van der Waals surface area contributed by atoms with Gasteiger partial charge < -0.3 is 0 Å². The van der Waals surface area contributed by atoms with Crippen molar-refractivity contribution < 1.29 is 21.6 Å². The Balaban J connectivity index is 3.16. The van der Waals surface area contributed by atoms with E-state index in [2.05, 4.69) is 5.10 Å². The van der Waals surface area contributed by atoms with Crippen molar-refractivity contribution in [3.63, 3.8) is 0 Å². The Morgan fingerprint density at radius 2 is 2.00 bits per heavy atom. The molecule has 1 aromatic rings. The van der Waals surface area contributed by atoms with Crippen LogP contribution in [-0.2, 0) is 15.4 Å². The molecule has 0 aliphatic carbocycles. The number of hydrogen-bond acceptors (Lipinski definition) is 3. The lowest BCUT2D eigenvalue weighted by atomic mass is 10.7. The van der Waals surface area contributed by atoms with Crippen molar-refractivity contribution in [2.75, 3.05) is 0 Å². The molecule has 0 fully saturated rings. The molecule has 0 atom stereocenters. The van der Waals surface area contributed by atoms with E-state index in [0.717, 1.165) is 0 Å². The number of nitrogens with zero attached hydrogens (tertiary/aromatic N) is 2. The predicted molar refractivity (Wildman–Crippen MR) is 36.6 cm³/mol. The van der Waals surface area contributed by atoms with Gasteiger partial charge in [0.2, 0.25) is 0 Å². The van der Waals surface area contributed by atoms with Gasteiger partial charge in [0.1, 0.15) is 0 Å². The quantitative estimate of drug-likeness (QED) is 0.688. The van der Waals surface area contributed by atoms with Gasteiger partial charge in [0.05, 0.1) is 0 Å². The van der Waals surface area contributed by atoms with Crippen LogP contribution >= 0.6 is 10.7 Å². The topological polar surface area (TPSA) is 52.0 Å². The average molecular weight is 235 g/mol. The second-order valence-corrected chi connectivity index (χ2v) is 4.52. The molecule has 1 heterocycles. The second-order valence-electron chi connectivity index (χ2n) is 2.00. The van der Waals surface area contributed by atoms with Crippen molar-refractivity contribution in [2.45, 2.75) is 11.3 Å². The fourth-order valence-corrected chi connectivity index (χ4v) is 1.23. The Morgan fingerprint density at radius 3 is 2.23 bits per heavy atom. The summed E-state index contributed by atoms with van der Waals surface area (Å²) in [6, 6.07) is 0.663. The van der Waals surface area contributed by atoms with Gasteiger partial charge in [-0.25, -0.2) is 8.42 Å². The van der Waals surface area contributed by atoms with Gasteiger partial charge in [0, 0.05) is 16.9 Å². The van der Waals surface area contributed by atoms with Crippen molar-refractivity contribution in [1.82, 2.24) is 9.78 Å². The van der Waals surface area contributed by atoms with Crippen LogP contribution in [0.1, 0.15) is 0 Å². The smallest absolute Gasteiger partial charge is 0.205 e. The number of halogens is 4.